The first-order valence-corrected chi connectivity index (χ1v) is 9.00. The van der Waals surface area contributed by atoms with Crippen molar-refractivity contribution in [2.45, 2.75) is 13.5 Å². The molecule has 3 aromatic carbocycles. The molecule has 0 bridgehead atoms. The van der Waals surface area contributed by atoms with Gasteiger partial charge >= 0.3 is 5.97 Å². The molecule has 0 saturated carbocycles. The Morgan fingerprint density at radius 3 is 2.57 bits per heavy atom. The largest absolute Gasteiger partial charge is 0.495 e. The van der Waals surface area contributed by atoms with Crippen molar-refractivity contribution in [3.05, 3.63) is 83.4 Å². The summed E-state index contributed by atoms with van der Waals surface area (Å²) in [4.78, 5) is 16.5. The number of hydrogen-bond donors (Lipinski definition) is 1. The van der Waals surface area contributed by atoms with Gasteiger partial charge in [-0.1, -0.05) is 42.5 Å². The number of carboxylic acid groups (broad SMARTS) is 1. The second-order valence-electron chi connectivity index (χ2n) is 6.69. The lowest BCUT2D eigenvalue weighted by Crippen LogP contribution is -2.06. The molecule has 0 fully saturated rings. The highest BCUT2D eigenvalue weighted by Gasteiger charge is 2.21. The number of aromatic carboxylic acids is 1. The summed E-state index contributed by atoms with van der Waals surface area (Å²) in [5.74, 6) is -0.0268. The fourth-order valence-electron chi connectivity index (χ4n) is 3.47. The highest BCUT2D eigenvalue weighted by atomic mass is 16.5. The number of hydrogen-bond acceptors (Lipinski definition) is 3. The summed E-state index contributed by atoms with van der Waals surface area (Å²) >= 11 is 0. The van der Waals surface area contributed by atoms with Crippen molar-refractivity contribution in [1.29, 1.82) is 0 Å². The molecule has 1 N–H and O–H groups in total. The van der Waals surface area contributed by atoms with Crippen LogP contribution in [0.1, 0.15) is 21.5 Å². The maximum absolute atomic E-state index is 11.6. The maximum Gasteiger partial charge on any atom is 0.339 e. The third kappa shape index (κ3) is 3.11. The Balaban J connectivity index is 1.98. The molecule has 4 rings (SSSR count). The van der Waals surface area contributed by atoms with Gasteiger partial charge in [-0.15, -0.1) is 0 Å². The Bertz CT molecular complexity index is 1160. The van der Waals surface area contributed by atoms with Crippen LogP contribution >= 0.6 is 0 Å². The molecule has 5 nitrogen and oxygen atoms in total. The van der Waals surface area contributed by atoms with Crippen LogP contribution in [0, 0.1) is 6.92 Å². The van der Waals surface area contributed by atoms with Crippen molar-refractivity contribution in [3.63, 3.8) is 0 Å². The van der Waals surface area contributed by atoms with Crippen LogP contribution in [0.25, 0.3) is 22.4 Å². The number of carboxylic acids is 1. The van der Waals surface area contributed by atoms with Crippen LogP contribution in [0.5, 0.6) is 5.75 Å². The Kier molecular flexibility index (Phi) is 4.57. The average molecular weight is 372 g/mol. The standard InChI is InChI=1S/C23H20N2O3/c1-15-11-12-20-19(13-15)24-22(25(20)14-16-7-4-3-5-8-16)17-9-6-10-18(23(26)27)21(17)28-2/h3-13H,14H2,1-2H3,(H,26,27). The molecule has 0 unspecified atom stereocenters. The van der Waals surface area contributed by atoms with Crippen LogP contribution in [-0.4, -0.2) is 27.7 Å². The van der Waals surface area contributed by atoms with Gasteiger partial charge in [-0.25, -0.2) is 9.78 Å². The van der Waals surface area contributed by atoms with E-state index in [2.05, 4.69) is 28.8 Å². The number of ether oxygens (including phenoxy) is 1. The normalized spacial score (nSPS) is 10.9. The van der Waals surface area contributed by atoms with Crippen LogP contribution < -0.4 is 4.74 Å². The van der Waals surface area contributed by atoms with Crippen molar-refractivity contribution in [2.24, 2.45) is 0 Å². The summed E-state index contributed by atoms with van der Waals surface area (Å²) in [6.07, 6.45) is 0. The predicted octanol–water partition coefficient (Wildman–Crippen LogP) is 4.77. The van der Waals surface area contributed by atoms with E-state index in [1.807, 2.05) is 37.3 Å². The molecule has 140 valence electrons. The first-order chi connectivity index (χ1) is 13.6. The first-order valence-electron chi connectivity index (χ1n) is 9.00. The van der Waals surface area contributed by atoms with E-state index in [1.54, 1.807) is 12.1 Å². The number of rotatable bonds is 5. The molecule has 0 radical (unpaired) electrons. The zero-order chi connectivity index (χ0) is 19.7. The molecule has 0 amide bonds. The topological polar surface area (TPSA) is 64.3 Å². The van der Waals surface area contributed by atoms with Crippen molar-refractivity contribution >= 4 is 17.0 Å². The van der Waals surface area contributed by atoms with Crippen molar-refractivity contribution in [2.75, 3.05) is 7.11 Å². The van der Waals surface area contributed by atoms with Crippen LogP contribution in [0.4, 0.5) is 0 Å². The summed E-state index contributed by atoms with van der Waals surface area (Å²) in [6, 6.07) is 21.4. The number of aromatic nitrogens is 2. The van der Waals surface area contributed by atoms with E-state index in [0.717, 1.165) is 22.2 Å². The minimum absolute atomic E-state index is 0.120. The summed E-state index contributed by atoms with van der Waals surface area (Å²) in [7, 11) is 1.49. The van der Waals surface area contributed by atoms with Gasteiger partial charge in [0.25, 0.3) is 0 Å². The fourth-order valence-corrected chi connectivity index (χ4v) is 3.47. The monoisotopic (exact) mass is 372 g/mol. The zero-order valence-electron chi connectivity index (χ0n) is 15.7. The molecule has 0 aliphatic carbocycles. The molecule has 5 heteroatoms. The molecular weight excluding hydrogens is 352 g/mol. The second-order valence-corrected chi connectivity index (χ2v) is 6.69. The molecule has 0 atom stereocenters. The van der Waals surface area contributed by atoms with Gasteiger partial charge in [0.1, 0.15) is 17.1 Å². The lowest BCUT2D eigenvalue weighted by Gasteiger charge is -2.14. The third-order valence-electron chi connectivity index (χ3n) is 4.78. The number of nitrogens with zero attached hydrogens (tertiary/aromatic N) is 2. The molecule has 28 heavy (non-hydrogen) atoms. The van der Waals surface area contributed by atoms with Gasteiger partial charge < -0.3 is 14.4 Å². The Morgan fingerprint density at radius 1 is 1.07 bits per heavy atom. The highest BCUT2D eigenvalue weighted by Crippen LogP contribution is 2.35. The molecule has 1 aromatic heterocycles. The predicted molar refractivity (Wildman–Crippen MR) is 109 cm³/mol. The van der Waals surface area contributed by atoms with Crippen LogP contribution in [0.2, 0.25) is 0 Å². The third-order valence-corrected chi connectivity index (χ3v) is 4.78. The Morgan fingerprint density at radius 2 is 1.86 bits per heavy atom. The number of imidazole rings is 1. The summed E-state index contributed by atoms with van der Waals surface area (Å²) in [5.41, 5.74) is 4.90. The Labute approximate surface area is 162 Å². The van der Waals surface area contributed by atoms with Gasteiger partial charge in [0.15, 0.2) is 0 Å². The van der Waals surface area contributed by atoms with E-state index in [0.29, 0.717) is 23.7 Å². The number of aryl methyl sites for hydroxylation is 1. The van der Waals surface area contributed by atoms with Gasteiger partial charge in [-0.05, 0) is 42.3 Å². The number of para-hydroxylation sites is 1. The molecule has 0 spiro atoms. The van der Waals surface area contributed by atoms with E-state index in [4.69, 9.17) is 9.72 Å². The van der Waals surface area contributed by atoms with E-state index < -0.39 is 5.97 Å². The summed E-state index contributed by atoms with van der Waals surface area (Å²) < 4.78 is 7.59. The van der Waals surface area contributed by atoms with E-state index in [-0.39, 0.29) is 5.56 Å². The first kappa shape index (κ1) is 17.8. The van der Waals surface area contributed by atoms with E-state index in [9.17, 15) is 9.90 Å². The van der Waals surface area contributed by atoms with Crippen LogP contribution in [0.3, 0.4) is 0 Å². The van der Waals surface area contributed by atoms with Crippen LogP contribution in [-0.2, 0) is 6.54 Å². The molecule has 0 saturated heterocycles. The molecule has 0 aliphatic heterocycles. The minimum atomic E-state index is -1.03. The number of benzene rings is 3. The van der Waals surface area contributed by atoms with Gasteiger partial charge in [0, 0.05) is 6.54 Å². The Hall–Kier alpha value is -3.60. The quantitative estimate of drug-likeness (QED) is 0.548. The van der Waals surface area contributed by atoms with Gasteiger partial charge in [-0.2, -0.15) is 0 Å². The summed E-state index contributed by atoms with van der Waals surface area (Å²) in [5, 5.41) is 9.54. The molecule has 1 heterocycles. The second kappa shape index (κ2) is 7.19. The van der Waals surface area contributed by atoms with Gasteiger partial charge in [-0.3, -0.25) is 0 Å². The molecule has 0 aliphatic rings. The van der Waals surface area contributed by atoms with E-state index in [1.165, 1.54) is 7.11 Å². The molecular formula is C23H20N2O3. The lowest BCUT2D eigenvalue weighted by molar-refractivity contribution is 0.0693. The average Bonchev–Trinajstić information content (AvgIpc) is 3.05. The van der Waals surface area contributed by atoms with Crippen molar-refractivity contribution in [1.82, 2.24) is 9.55 Å². The smallest absolute Gasteiger partial charge is 0.339 e. The SMILES string of the molecule is COc1c(C(=O)O)cccc1-c1nc2cc(C)ccc2n1Cc1ccccc1. The van der Waals surface area contributed by atoms with Gasteiger partial charge in [0.2, 0.25) is 0 Å². The highest BCUT2D eigenvalue weighted by molar-refractivity contribution is 5.94. The number of carbonyl (C=O) groups is 1. The minimum Gasteiger partial charge on any atom is -0.495 e. The van der Waals surface area contributed by atoms with Crippen molar-refractivity contribution in [3.8, 4) is 17.1 Å². The van der Waals surface area contributed by atoms with Gasteiger partial charge in [0.05, 0.1) is 23.7 Å². The van der Waals surface area contributed by atoms with Crippen molar-refractivity contribution < 1.29 is 14.6 Å². The fraction of sp³-hybridized carbons (Fsp3) is 0.130. The van der Waals surface area contributed by atoms with Crippen LogP contribution in [0.15, 0.2) is 66.7 Å². The summed E-state index contributed by atoms with van der Waals surface area (Å²) in [6.45, 7) is 2.65. The van der Waals surface area contributed by atoms with E-state index >= 15 is 0 Å². The lowest BCUT2D eigenvalue weighted by atomic mass is 10.1. The zero-order valence-corrected chi connectivity index (χ0v) is 15.7. The number of methoxy groups -OCH3 is 1. The molecule has 4 aromatic rings. The number of fused-ring (bicyclic) bond motifs is 1. The maximum atomic E-state index is 11.6.